The number of hydrogen-bond donors (Lipinski definition) is 2. The van der Waals surface area contributed by atoms with Crippen molar-refractivity contribution in [3.63, 3.8) is 0 Å². The Hall–Kier alpha value is -2.64. The molecule has 1 amide bonds. The van der Waals surface area contributed by atoms with Crippen LogP contribution >= 0.6 is 0 Å². The molecule has 0 radical (unpaired) electrons. The Balaban J connectivity index is 2.65. The first-order valence-electron chi connectivity index (χ1n) is 6.21. The molecular weight excluding hydrogens is 280 g/mol. The van der Waals surface area contributed by atoms with E-state index >= 15 is 0 Å². The van der Waals surface area contributed by atoms with Crippen LogP contribution in [0, 0.1) is 16.0 Å². The molecule has 0 aliphatic heterocycles. The predicted molar refractivity (Wildman–Crippen MR) is 73.0 cm³/mol. The highest BCUT2D eigenvalue weighted by Crippen LogP contribution is 2.25. The number of carbonyl (C=O) groups excluding carboxylic acids is 1. The van der Waals surface area contributed by atoms with Crippen molar-refractivity contribution < 1.29 is 24.4 Å². The van der Waals surface area contributed by atoms with Gasteiger partial charge >= 0.3 is 11.7 Å². The number of benzene rings is 1. The maximum atomic E-state index is 11.6. The largest absolute Gasteiger partial charge is 0.480 e. The molecule has 21 heavy (non-hydrogen) atoms. The summed E-state index contributed by atoms with van der Waals surface area (Å²) in [5.41, 5.74) is -0.260. The number of carboxylic acid groups (broad SMARTS) is 1. The fraction of sp³-hybridized carbons (Fsp3) is 0.385. The summed E-state index contributed by atoms with van der Waals surface area (Å²) in [6.45, 7) is 2.81. The zero-order chi connectivity index (χ0) is 16.0. The van der Waals surface area contributed by atoms with Crippen molar-refractivity contribution in [3.05, 3.63) is 34.4 Å². The lowest BCUT2D eigenvalue weighted by Gasteiger charge is -2.17. The number of nitro groups is 1. The molecule has 114 valence electrons. The van der Waals surface area contributed by atoms with E-state index < -0.39 is 29.4 Å². The summed E-state index contributed by atoms with van der Waals surface area (Å²) in [5.74, 6) is -2.15. The molecule has 1 aromatic carbocycles. The van der Waals surface area contributed by atoms with Crippen LogP contribution in [0.2, 0.25) is 0 Å². The predicted octanol–water partition coefficient (Wildman–Crippen LogP) is 1.20. The molecule has 0 bridgehead atoms. The SMILES string of the molecule is CC(C)[C@H](NC(=O)COc1ccccc1[N+](=O)[O-])C(=O)O. The second kappa shape index (κ2) is 7.22. The van der Waals surface area contributed by atoms with Gasteiger partial charge in [0.25, 0.3) is 5.91 Å². The van der Waals surface area contributed by atoms with Gasteiger partial charge in [-0.2, -0.15) is 0 Å². The van der Waals surface area contributed by atoms with E-state index in [0.717, 1.165) is 0 Å². The quantitative estimate of drug-likeness (QED) is 0.576. The van der Waals surface area contributed by atoms with E-state index in [4.69, 9.17) is 9.84 Å². The van der Waals surface area contributed by atoms with E-state index in [1.54, 1.807) is 13.8 Å². The van der Waals surface area contributed by atoms with Crippen molar-refractivity contribution in [2.45, 2.75) is 19.9 Å². The van der Waals surface area contributed by atoms with Crippen LogP contribution in [0.3, 0.4) is 0 Å². The van der Waals surface area contributed by atoms with Crippen molar-refractivity contribution in [2.75, 3.05) is 6.61 Å². The highest BCUT2D eigenvalue weighted by Gasteiger charge is 2.24. The normalized spacial score (nSPS) is 11.8. The lowest BCUT2D eigenvalue weighted by molar-refractivity contribution is -0.385. The number of rotatable bonds is 7. The number of para-hydroxylation sites is 2. The average molecular weight is 296 g/mol. The first-order valence-corrected chi connectivity index (χ1v) is 6.21. The number of carbonyl (C=O) groups is 2. The van der Waals surface area contributed by atoms with Gasteiger partial charge < -0.3 is 15.2 Å². The molecule has 0 saturated carbocycles. The Morgan fingerprint density at radius 1 is 1.38 bits per heavy atom. The van der Waals surface area contributed by atoms with Crippen LogP contribution in [-0.2, 0) is 9.59 Å². The van der Waals surface area contributed by atoms with E-state index in [9.17, 15) is 19.7 Å². The fourth-order valence-electron chi connectivity index (χ4n) is 1.60. The van der Waals surface area contributed by atoms with E-state index in [2.05, 4.69) is 5.32 Å². The monoisotopic (exact) mass is 296 g/mol. The summed E-state index contributed by atoms with van der Waals surface area (Å²) < 4.78 is 5.07. The van der Waals surface area contributed by atoms with Crippen molar-refractivity contribution in [1.29, 1.82) is 0 Å². The molecule has 8 heteroatoms. The molecule has 0 unspecified atom stereocenters. The van der Waals surface area contributed by atoms with Gasteiger partial charge in [-0.15, -0.1) is 0 Å². The van der Waals surface area contributed by atoms with Gasteiger partial charge in [-0.1, -0.05) is 26.0 Å². The van der Waals surface area contributed by atoms with Gasteiger partial charge in [-0.05, 0) is 12.0 Å². The maximum absolute atomic E-state index is 11.6. The van der Waals surface area contributed by atoms with Gasteiger partial charge in [-0.3, -0.25) is 14.9 Å². The zero-order valence-corrected chi connectivity index (χ0v) is 11.6. The number of nitro benzene ring substituents is 1. The first-order chi connectivity index (χ1) is 9.82. The van der Waals surface area contributed by atoms with E-state index in [-0.39, 0.29) is 17.4 Å². The molecule has 0 aliphatic rings. The van der Waals surface area contributed by atoms with Crippen LogP contribution in [0.5, 0.6) is 5.75 Å². The molecule has 1 rings (SSSR count). The number of carboxylic acids is 1. The van der Waals surface area contributed by atoms with Gasteiger partial charge in [0.15, 0.2) is 12.4 Å². The van der Waals surface area contributed by atoms with Crippen LogP contribution in [-0.4, -0.2) is 34.6 Å². The number of amides is 1. The Morgan fingerprint density at radius 2 is 2.00 bits per heavy atom. The third kappa shape index (κ3) is 4.75. The highest BCUT2D eigenvalue weighted by molar-refractivity contribution is 5.84. The summed E-state index contributed by atoms with van der Waals surface area (Å²) >= 11 is 0. The van der Waals surface area contributed by atoms with Gasteiger partial charge in [0.1, 0.15) is 6.04 Å². The summed E-state index contributed by atoms with van der Waals surface area (Å²) in [6, 6.07) is 4.59. The second-order valence-corrected chi connectivity index (χ2v) is 4.64. The van der Waals surface area contributed by atoms with Gasteiger partial charge in [0.2, 0.25) is 0 Å². The van der Waals surface area contributed by atoms with Crippen LogP contribution < -0.4 is 10.1 Å². The third-order valence-corrected chi connectivity index (χ3v) is 2.67. The molecule has 0 fully saturated rings. The molecule has 1 aromatic rings. The Morgan fingerprint density at radius 3 is 2.52 bits per heavy atom. The first kappa shape index (κ1) is 16.4. The Bertz CT molecular complexity index is 543. The smallest absolute Gasteiger partial charge is 0.326 e. The minimum Gasteiger partial charge on any atom is -0.480 e. The number of aliphatic carboxylic acids is 1. The topological polar surface area (TPSA) is 119 Å². The van der Waals surface area contributed by atoms with Gasteiger partial charge in [0.05, 0.1) is 4.92 Å². The molecular formula is C13H16N2O6. The van der Waals surface area contributed by atoms with Crippen LogP contribution in [0.1, 0.15) is 13.8 Å². The zero-order valence-electron chi connectivity index (χ0n) is 11.6. The Labute approximate surface area is 120 Å². The highest BCUT2D eigenvalue weighted by atomic mass is 16.6. The van der Waals surface area contributed by atoms with E-state index in [1.165, 1.54) is 24.3 Å². The second-order valence-electron chi connectivity index (χ2n) is 4.64. The molecule has 0 aliphatic carbocycles. The van der Waals surface area contributed by atoms with Crippen LogP contribution in [0.4, 0.5) is 5.69 Å². The lowest BCUT2D eigenvalue weighted by Crippen LogP contribution is -2.46. The summed E-state index contributed by atoms with van der Waals surface area (Å²) in [6.07, 6.45) is 0. The fourth-order valence-corrected chi connectivity index (χ4v) is 1.60. The van der Waals surface area contributed by atoms with Crippen LogP contribution in [0.25, 0.3) is 0 Å². The van der Waals surface area contributed by atoms with Gasteiger partial charge in [-0.25, -0.2) is 4.79 Å². The van der Waals surface area contributed by atoms with E-state index in [1.807, 2.05) is 0 Å². The molecule has 2 N–H and O–H groups in total. The summed E-state index contributed by atoms with van der Waals surface area (Å²) in [4.78, 5) is 32.7. The summed E-state index contributed by atoms with van der Waals surface area (Å²) in [7, 11) is 0. The number of ether oxygens (including phenoxy) is 1. The maximum Gasteiger partial charge on any atom is 0.326 e. The van der Waals surface area contributed by atoms with Crippen molar-refractivity contribution in [3.8, 4) is 5.75 Å². The number of nitrogens with one attached hydrogen (secondary N) is 1. The van der Waals surface area contributed by atoms with Crippen LogP contribution in [0.15, 0.2) is 24.3 Å². The third-order valence-electron chi connectivity index (χ3n) is 2.67. The molecule has 8 nitrogen and oxygen atoms in total. The molecule has 0 spiro atoms. The molecule has 0 saturated heterocycles. The van der Waals surface area contributed by atoms with Crippen molar-refractivity contribution >= 4 is 17.6 Å². The van der Waals surface area contributed by atoms with E-state index in [0.29, 0.717) is 0 Å². The lowest BCUT2D eigenvalue weighted by atomic mass is 10.1. The molecule has 1 atom stereocenters. The van der Waals surface area contributed by atoms with Gasteiger partial charge in [0, 0.05) is 6.07 Å². The van der Waals surface area contributed by atoms with Crippen molar-refractivity contribution in [2.24, 2.45) is 5.92 Å². The van der Waals surface area contributed by atoms with Crippen molar-refractivity contribution in [1.82, 2.24) is 5.32 Å². The minimum atomic E-state index is -1.15. The molecule has 0 aromatic heterocycles. The minimum absolute atomic E-state index is 0.0472. The average Bonchev–Trinajstić information content (AvgIpc) is 2.42. The number of hydrogen-bond acceptors (Lipinski definition) is 5. The Kier molecular flexibility index (Phi) is 5.65. The standard InChI is InChI=1S/C13H16N2O6/c1-8(2)12(13(17)18)14-11(16)7-21-10-6-4-3-5-9(10)15(19)20/h3-6,8,12H,7H2,1-2H3,(H,14,16)(H,17,18)/t12-/m0/s1. The number of nitrogens with zero attached hydrogens (tertiary/aromatic N) is 1. The summed E-state index contributed by atoms with van der Waals surface area (Å²) in [5, 5.41) is 22.0. The molecule has 0 heterocycles.